The second-order valence-electron chi connectivity index (χ2n) is 7.87. The zero-order valence-corrected chi connectivity index (χ0v) is 16.4. The van der Waals surface area contributed by atoms with Gasteiger partial charge in [-0.05, 0) is 34.7 Å². The third kappa shape index (κ3) is 3.59. The third-order valence-corrected chi connectivity index (χ3v) is 6.02. The average Bonchev–Trinajstić information content (AvgIpc) is 3.30. The summed E-state index contributed by atoms with van der Waals surface area (Å²) >= 11 is 0. The van der Waals surface area contributed by atoms with Crippen molar-refractivity contribution >= 4 is 5.91 Å². The Labute approximate surface area is 165 Å². The van der Waals surface area contributed by atoms with E-state index in [1.165, 1.54) is 11.1 Å². The molecule has 5 nitrogen and oxygen atoms in total. The van der Waals surface area contributed by atoms with Gasteiger partial charge in [-0.15, -0.1) is 0 Å². The fraction of sp³-hybridized carbons (Fsp3) is 0.435. The van der Waals surface area contributed by atoms with Gasteiger partial charge in [0.2, 0.25) is 5.91 Å². The van der Waals surface area contributed by atoms with Crippen molar-refractivity contribution in [3.8, 4) is 11.5 Å². The highest BCUT2D eigenvalue weighted by atomic mass is 16.5. The Balaban J connectivity index is 1.53. The van der Waals surface area contributed by atoms with Crippen molar-refractivity contribution in [2.75, 3.05) is 26.8 Å². The Bertz CT molecular complexity index is 840. The average molecular weight is 381 g/mol. The number of methoxy groups -OCH3 is 1. The highest BCUT2D eigenvalue weighted by Crippen LogP contribution is 2.38. The van der Waals surface area contributed by atoms with Gasteiger partial charge < -0.3 is 19.5 Å². The number of aliphatic hydroxyl groups is 1. The lowest BCUT2D eigenvalue weighted by Crippen LogP contribution is -2.31. The van der Waals surface area contributed by atoms with Crippen LogP contribution in [-0.4, -0.2) is 48.8 Å². The van der Waals surface area contributed by atoms with E-state index in [1.807, 2.05) is 6.07 Å². The molecular weight excluding hydrogens is 354 g/mol. The first kappa shape index (κ1) is 18.8. The highest BCUT2D eigenvalue weighted by Gasteiger charge is 2.33. The van der Waals surface area contributed by atoms with Crippen LogP contribution in [0.4, 0.5) is 0 Å². The second-order valence-corrected chi connectivity index (χ2v) is 7.87. The molecule has 0 spiro atoms. The second kappa shape index (κ2) is 7.84. The van der Waals surface area contributed by atoms with Crippen LogP contribution >= 0.6 is 0 Å². The fourth-order valence-corrected chi connectivity index (χ4v) is 4.50. The SMILES string of the molecule is COc1ccc([C@@H]2CN(C(=O)CO)C[C@@H]2C)cc1OC1Cc2ccccc2C1. The minimum absolute atomic E-state index is 0.106. The van der Waals surface area contributed by atoms with E-state index in [4.69, 9.17) is 14.6 Å². The summed E-state index contributed by atoms with van der Waals surface area (Å²) in [5.41, 5.74) is 3.85. The van der Waals surface area contributed by atoms with E-state index in [-0.39, 0.29) is 17.9 Å². The molecule has 2 aliphatic rings. The molecule has 1 aliphatic heterocycles. The summed E-state index contributed by atoms with van der Waals surface area (Å²) in [6.07, 6.45) is 1.92. The molecule has 1 N–H and O–H groups in total. The number of carbonyl (C=O) groups is 1. The van der Waals surface area contributed by atoms with Gasteiger partial charge in [0, 0.05) is 31.8 Å². The molecule has 1 amide bonds. The van der Waals surface area contributed by atoms with Crippen molar-refractivity contribution in [3.63, 3.8) is 0 Å². The number of fused-ring (bicyclic) bond motifs is 1. The minimum atomic E-state index is -0.432. The molecule has 4 rings (SSSR count). The maximum absolute atomic E-state index is 11.9. The van der Waals surface area contributed by atoms with E-state index >= 15 is 0 Å². The van der Waals surface area contributed by atoms with Crippen molar-refractivity contribution in [1.82, 2.24) is 4.90 Å². The molecule has 1 aliphatic carbocycles. The highest BCUT2D eigenvalue weighted by molar-refractivity contribution is 5.77. The van der Waals surface area contributed by atoms with E-state index < -0.39 is 6.61 Å². The number of aliphatic hydroxyl groups excluding tert-OH is 1. The van der Waals surface area contributed by atoms with Gasteiger partial charge in [-0.1, -0.05) is 37.3 Å². The van der Waals surface area contributed by atoms with Gasteiger partial charge in [-0.25, -0.2) is 0 Å². The molecule has 0 radical (unpaired) electrons. The minimum Gasteiger partial charge on any atom is -0.493 e. The molecule has 2 aromatic carbocycles. The van der Waals surface area contributed by atoms with Gasteiger partial charge in [0.15, 0.2) is 11.5 Å². The molecular formula is C23H27NO4. The van der Waals surface area contributed by atoms with Crippen molar-refractivity contribution in [3.05, 3.63) is 59.2 Å². The Hall–Kier alpha value is -2.53. The van der Waals surface area contributed by atoms with E-state index in [0.717, 1.165) is 29.9 Å². The first-order valence-electron chi connectivity index (χ1n) is 9.89. The number of amides is 1. The predicted molar refractivity (Wildman–Crippen MR) is 107 cm³/mol. The van der Waals surface area contributed by atoms with Crippen LogP contribution in [0.25, 0.3) is 0 Å². The zero-order chi connectivity index (χ0) is 19.7. The maximum Gasteiger partial charge on any atom is 0.248 e. The van der Waals surface area contributed by atoms with E-state index in [2.05, 4.69) is 43.3 Å². The molecule has 0 unspecified atom stereocenters. The number of carbonyl (C=O) groups excluding carboxylic acids is 1. The van der Waals surface area contributed by atoms with Crippen molar-refractivity contribution < 1.29 is 19.4 Å². The van der Waals surface area contributed by atoms with Crippen LogP contribution in [0.3, 0.4) is 0 Å². The zero-order valence-electron chi connectivity index (χ0n) is 16.4. The van der Waals surface area contributed by atoms with Crippen LogP contribution in [0.1, 0.15) is 29.5 Å². The first-order valence-corrected chi connectivity index (χ1v) is 9.89. The molecule has 1 saturated heterocycles. The smallest absolute Gasteiger partial charge is 0.248 e. The number of likely N-dealkylation sites (tertiary alicyclic amines) is 1. The van der Waals surface area contributed by atoms with Crippen LogP contribution < -0.4 is 9.47 Å². The molecule has 0 saturated carbocycles. The number of hydrogen-bond acceptors (Lipinski definition) is 4. The topological polar surface area (TPSA) is 59.0 Å². The van der Waals surface area contributed by atoms with Crippen LogP contribution in [0.15, 0.2) is 42.5 Å². The Morgan fingerprint density at radius 1 is 1.11 bits per heavy atom. The third-order valence-electron chi connectivity index (χ3n) is 6.02. The Morgan fingerprint density at radius 2 is 1.82 bits per heavy atom. The summed E-state index contributed by atoms with van der Waals surface area (Å²) in [4.78, 5) is 13.6. The lowest BCUT2D eigenvalue weighted by Gasteiger charge is -2.20. The standard InChI is InChI=1S/C23H27NO4/c1-15-12-24(23(26)14-25)13-20(15)18-7-8-21(27-2)22(11-18)28-19-9-16-5-3-4-6-17(16)10-19/h3-8,11,15,19-20,25H,9-10,12-14H2,1-2H3/t15-,20+/m0/s1. The monoisotopic (exact) mass is 381 g/mol. The molecule has 1 heterocycles. The van der Waals surface area contributed by atoms with Crippen LogP contribution in [0.5, 0.6) is 11.5 Å². The number of ether oxygens (including phenoxy) is 2. The first-order chi connectivity index (χ1) is 13.6. The molecule has 148 valence electrons. The van der Waals surface area contributed by atoms with Crippen molar-refractivity contribution in [2.24, 2.45) is 5.92 Å². The summed E-state index contributed by atoms with van der Waals surface area (Å²) in [5.74, 6) is 1.84. The Kier molecular flexibility index (Phi) is 5.27. The van der Waals surface area contributed by atoms with Crippen molar-refractivity contribution in [1.29, 1.82) is 0 Å². The van der Waals surface area contributed by atoms with Gasteiger partial charge in [0.05, 0.1) is 7.11 Å². The van der Waals surface area contributed by atoms with E-state index in [9.17, 15) is 4.79 Å². The van der Waals surface area contributed by atoms with Gasteiger partial charge in [-0.2, -0.15) is 0 Å². The van der Waals surface area contributed by atoms with Gasteiger partial charge in [0.25, 0.3) is 0 Å². The number of benzene rings is 2. The summed E-state index contributed by atoms with van der Waals surface area (Å²) in [6, 6.07) is 14.6. The number of rotatable bonds is 5. The molecule has 0 bridgehead atoms. The largest absolute Gasteiger partial charge is 0.493 e. The van der Waals surface area contributed by atoms with Crippen LogP contribution in [0.2, 0.25) is 0 Å². The lowest BCUT2D eigenvalue weighted by atomic mass is 9.90. The maximum atomic E-state index is 11.9. The molecule has 2 atom stereocenters. The fourth-order valence-electron chi connectivity index (χ4n) is 4.50. The molecule has 5 heteroatoms. The quantitative estimate of drug-likeness (QED) is 0.865. The van der Waals surface area contributed by atoms with Crippen molar-refractivity contribution in [2.45, 2.75) is 31.8 Å². The number of nitrogens with zero attached hydrogens (tertiary/aromatic N) is 1. The molecule has 0 aromatic heterocycles. The van der Waals surface area contributed by atoms with Gasteiger partial charge in [0.1, 0.15) is 12.7 Å². The summed E-state index contributed by atoms with van der Waals surface area (Å²) < 4.78 is 11.9. The molecule has 1 fully saturated rings. The predicted octanol–water partition coefficient (Wildman–Crippen LogP) is 2.80. The van der Waals surface area contributed by atoms with E-state index in [1.54, 1.807) is 12.0 Å². The van der Waals surface area contributed by atoms with Crippen LogP contribution in [0, 0.1) is 5.92 Å². The van der Waals surface area contributed by atoms with Gasteiger partial charge in [-0.3, -0.25) is 4.79 Å². The molecule has 28 heavy (non-hydrogen) atoms. The van der Waals surface area contributed by atoms with Gasteiger partial charge >= 0.3 is 0 Å². The summed E-state index contributed by atoms with van der Waals surface area (Å²) in [6.45, 7) is 3.01. The summed E-state index contributed by atoms with van der Waals surface area (Å²) in [5, 5.41) is 9.16. The number of hydrogen-bond donors (Lipinski definition) is 1. The Morgan fingerprint density at radius 3 is 2.46 bits per heavy atom. The van der Waals surface area contributed by atoms with Crippen LogP contribution in [-0.2, 0) is 17.6 Å². The van der Waals surface area contributed by atoms with E-state index in [0.29, 0.717) is 19.0 Å². The summed E-state index contributed by atoms with van der Waals surface area (Å²) in [7, 11) is 1.66. The molecule has 2 aromatic rings. The lowest BCUT2D eigenvalue weighted by molar-refractivity contribution is -0.133. The normalized spacial score (nSPS) is 21.6.